The molecule has 1 unspecified atom stereocenters. The Morgan fingerprint density at radius 2 is 2.35 bits per heavy atom. The van der Waals surface area contributed by atoms with Crippen LogP contribution in [0.3, 0.4) is 0 Å². The van der Waals surface area contributed by atoms with Crippen LogP contribution < -0.4 is 5.32 Å². The van der Waals surface area contributed by atoms with Gasteiger partial charge in [0.15, 0.2) is 0 Å². The first-order valence-corrected chi connectivity index (χ1v) is 6.93. The van der Waals surface area contributed by atoms with Gasteiger partial charge in [0.05, 0.1) is 5.69 Å². The fraction of sp³-hybridized carbons (Fsp3) is 0.462. The number of aryl methyl sites for hydroxylation is 2. The number of nitrogens with zero attached hydrogens (tertiary/aromatic N) is 2. The van der Waals surface area contributed by atoms with E-state index in [1.807, 2.05) is 4.68 Å². The van der Waals surface area contributed by atoms with Crippen molar-refractivity contribution < 1.29 is 0 Å². The van der Waals surface area contributed by atoms with Crippen LogP contribution in [0.1, 0.15) is 36.7 Å². The van der Waals surface area contributed by atoms with E-state index < -0.39 is 0 Å². The van der Waals surface area contributed by atoms with E-state index in [1.165, 1.54) is 11.1 Å². The Kier molecular flexibility index (Phi) is 3.97. The van der Waals surface area contributed by atoms with Gasteiger partial charge in [0.25, 0.3) is 0 Å². The second kappa shape index (κ2) is 5.47. The molecule has 17 heavy (non-hydrogen) atoms. The van der Waals surface area contributed by atoms with E-state index in [9.17, 15) is 0 Å². The van der Waals surface area contributed by atoms with Crippen LogP contribution in [0, 0.1) is 6.92 Å². The van der Waals surface area contributed by atoms with Crippen molar-refractivity contribution in [1.29, 1.82) is 0 Å². The third kappa shape index (κ3) is 2.96. The Labute approximate surface area is 106 Å². The van der Waals surface area contributed by atoms with Crippen LogP contribution >= 0.6 is 11.3 Å². The molecule has 0 aliphatic heterocycles. The Morgan fingerprint density at radius 1 is 1.53 bits per heavy atom. The summed E-state index contributed by atoms with van der Waals surface area (Å²) in [5, 5.41) is 12.3. The van der Waals surface area contributed by atoms with Gasteiger partial charge in [0.1, 0.15) is 0 Å². The summed E-state index contributed by atoms with van der Waals surface area (Å²) in [7, 11) is 0. The molecule has 1 N–H and O–H groups in total. The number of rotatable bonds is 5. The first-order chi connectivity index (χ1) is 8.20. The minimum absolute atomic E-state index is 0.343. The summed E-state index contributed by atoms with van der Waals surface area (Å²) in [6.45, 7) is 8.22. The molecule has 2 aromatic heterocycles. The molecule has 0 bridgehead atoms. The van der Waals surface area contributed by atoms with Gasteiger partial charge >= 0.3 is 0 Å². The number of thiophene rings is 1. The number of hydrogen-bond acceptors (Lipinski definition) is 3. The lowest BCUT2D eigenvalue weighted by atomic mass is 10.1. The first kappa shape index (κ1) is 12.3. The molecule has 0 aliphatic carbocycles. The van der Waals surface area contributed by atoms with E-state index >= 15 is 0 Å². The molecular weight excluding hydrogens is 230 g/mol. The summed E-state index contributed by atoms with van der Waals surface area (Å²) < 4.78 is 1.99. The summed E-state index contributed by atoms with van der Waals surface area (Å²) in [6.07, 6.45) is 2.14. The van der Waals surface area contributed by atoms with Crippen molar-refractivity contribution in [3.8, 4) is 0 Å². The SMILES string of the molecule is CCn1cc(C(C)NCc2ccsc2)c(C)n1. The van der Waals surface area contributed by atoms with E-state index in [2.05, 4.69) is 54.2 Å². The molecule has 0 fully saturated rings. The zero-order chi connectivity index (χ0) is 12.3. The normalized spacial score (nSPS) is 12.9. The number of aromatic nitrogens is 2. The zero-order valence-corrected chi connectivity index (χ0v) is 11.4. The maximum absolute atomic E-state index is 4.47. The minimum Gasteiger partial charge on any atom is -0.306 e. The minimum atomic E-state index is 0.343. The van der Waals surface area contributed by atoms with E-state index in [-0.39, 0.29) is 0 Å². The van der Waals surface area contributed by atoms with Crippen LogP contribution in [0.2, 0.25) is 0 Å². The third-order valence-corrected chi connectivity index (χ3v) is 3.70. The Morgan fingerprint density at radius 3 is 2.94 bits per heavy atom. The van der Waals surface area contributed by atoms with Crippen molar-refractivity contribution >= 4 is 11.3 Å². The molecule has 0 saturated heterocycles. The van der Waals surface area contributed by atoms with Crippen molar-refractivity contribution in [2.75, 3.05) is 0 Å². The third-order valence-electron chi connectivity index (χ3n) is 2.97. The zero-order valence-electron chi connectivity index (χ0n) is 10.6. The van der Waals surface area contributed by atoms with Gasteiger partial charge in [-0.3, -0.25) is 4.68 Å². The van der Waals surface area contributed by atoms with Crippen LogP contribution in [0.15, 0.2) is 23.0 Å². The molecular formula is C13H19N3S. The van der Waals surface area contributed by atoms with Gasteiger partial charge in [0, 0.05) is 30.9 Å². The van der Waals surface area contributed by atoms with Gasteiger partial charge in [-0.2, -0.15) is 16.4 Å². The molecule has 1 atom stereocenters. The molecule has 0 spiro atoms. The number of hydrogen-bond donors (Lipinski definition) is 1. The van der Waals surface area contributed by atoms with Crippen LogP contribution in [0.5, 0.6) is 0 Å². The van der Waals surface area contributed by atoms with Crippen molar-refractivity contribution in [3.05, 3.63) is 39.8 Å². The highest BCUT2D eigenvalue weighted by atomic mass is 32.1. The summed E-state index contributed by atoms with van der Waals surface area (Å²) in [5.41, 5.74) is 3.77. The van der Waals surface area contributed by atoms with Crippen LogP contribution in [0.25, 0.3) is 0 Å². The van der Waals surface area contributed by atoms with Crippen molar-refractivity contribution in [3.63, 3.8) is 0 Å². The van der Waals surface area contributed by atoms with Crippen LogP contribution in [-0.2, 0) is 13.1 Å². The Hall–Kier alpha value is -1.13. The van der Waals surface area contributed by atoms with Gasteiger partial charge in [-0.15, -0.1) is 0 Å². The Bertz CT molecular complexity index is 459. The van der Waals surface area contributed by atoms with Gasteiger partial charge in [-0.1, -0.05) is 0 Å². The van der Waals surface area contributed by atoms with Gasteiger partial charge in [-0.05, 0) is 43.2 Å². The van der Waals surface area contributed by atoms with E-state index in [0.29, 0.717) is 6.04 Å². The molecule has 2 aromatic rings. The second-order valence-corrected chi connectivity index (χ2v) is 5.04. The van der Waals surface area contributed by atoms with Crippen molar-refractivity contribution in [1.82, 2.24) is 15.1 Å². The van der Waals surface area contributed by atoms with Crippen molar-refractivity contribution in [2.24, 2.45) is 0 Å². The molecule has 4 heteroatoms. The number of nitrogens with one attached hydrogen (secondary N) is 1. The van der Waals surface area contributed by atoms with Gasteiger partial charge < -0.3 is 5.32 Å². The molecule has 92 valence electrons. The predicted octanol–water partition coefficient (Wildman–Crippen LogP) is 3.12. The van der Waals surface area contributed by atoms with Crippen LogP contribution in [0.4, 0.5) is 0 Å². The molecule has 0 aromatic carbocycles. The maximum atomic E-state index is 4.47. The molecule has 0 amide bonds. The summed E-state index contributed by atoms with van der Waals surface area (Å²) in [5.74, 6) is 0. The highest BCUT2D eigenvalue weighted by molar-refractivity contribution is 7.07. The first-order valence-electron chi connectivity index (χ1n) is 5.99. The lowest BCUT2D eigenvalue weighted by Gasteiger charge is -2.12. The smallest absolute Gasteiger partial charge is 0.0641 e. The second-order valence-electron chi connectivity index (χ2n) is 4.26. The topological polar surface area (TPSA) is 29.9 Å². The van der Waals surface area contributed by atoms with Gasteiger partial charge in [-0.25, -0.2) is 0 Å². The largest absolute Gasteiger partial charge is 0.306 e. The fourth-order valence-corrected chi connectivity index (χ4v) is 2.56. The standard InChI is InChI=1S/C13H19N3S/c1-4-16-8-13(11(3)15-16)10(2)14-7-12-5-6-17-9-12/h5-6,8-10,14H,4,7H2,1-3H3. The molecule has 2 heterocycles. The summed E-state index contributed by atoms with van der Waals surface area (Å²) in [6, 6.07) is 2.50. The Balaban J connectivity index is 1.99. The molecule has 0 aliphatic rings. The lowest BCUT2D eigenvalue weighted by Crippen LogP contribution is -2.18. The lowest BCUT2D eigenvalue weighted by molar-refractivity contribution is 0.572. The van der Waals surface area contributed by atoms with Crippen molar-refractivity contribution in [2.45, 2.75) is 39.9 Å². The highest BCUT2D eigenvalue weighted by Crippen LogP contribution is 2.17. The monoisotopic (exact) mass is 249 g/mol. The molecule has 0 radical (unpaired) electrons. The maximum Gasteiger partial charge on any atom is 0.0641 e. The van der Waals surface area contributed by atoms with E-state index in [4.69, 9.17) is 0 Å². The fourth-order valence-electron chi connectivity index (χ4n) is 1.89. The molecule has 0 saturated carbocycles. The van der Waals surface area contributed by atoms with E-state index in [0.717, 1.165) is 18.8 Å². The summed E-state index contributed by atoms with van der Waals surface area (Å²) >= 11 is 1.74. The average Bonchev–Trinajstić information content (AvgIpc) is 2.94. The molecule has 3 nitrogen and oxygen atoms in total. The van der Waals surface area contributed by atoms with Gasteiger partial charge in [0.2, 0.25) is 0 Å². The molecule has 2 rings (SSSR count). The predicted molar refractivity (Wildman–Crippen MR) is 72.2 cm³/mol. The highest BCUT2D eigenvalue weighted by Gasteiger charge is 2.11. The quantitative estimate of drug-likeness (QED) is 0.882. The van der Waals surface area contributed by atoms with E-state index in [1.54, 1.807) is 11.3 Å². The average molecular weight is 249 g/mol. The van der Waals surface area contributed by atoms with Crippen LogP contribution in [-0.4, -0.2) is 9.78 Å². The summed E-state index contributed by atoms with van der Waals surface area (Å²) in [4.78, 5) is 0.